The lowest BCUT2D eigenvalue weighted by atomic mass is 9.90. The zero-order chi connectivity index (χ0) is 27.7. The highest BCUT2D eigenvalue weighted by molar-refractivity contribution is 6.30. The summed E-state index contributed by atoms with van der Waals surface area (Å²) >= 11 is 6.05. The van der Waals surface area contributed by atoms with Crippen LogP contribution in [0.25, 0.3) is 0 Å². The van der Waals surface area contributed by atoms with Gasteiger partial charge in [0, 0.05) is 17.1 Å². The fourth-order valence-electron chi connectivity index (χ4n) is 3.99. The molecular weight excluding hydrogens is 523 g/mol. The average molecular weight is 546 g/mol. The number of hydrogen-bond donors (Lipinski definition) is 1. The van der Waals surface area contributed by atoms with Gasteiger partial charge in [-0.25, -0.2) is 19.8 Å². The topological polar surface area (TPSA) is 96.8 Å². The normalized spacial score (nSPS) is 15.7. The molecule has 2 aromatic carbocycles. The molecule has 0 aliphatic carbocycles. The van der Waals surface area contributed by atoms with Crippen LogP contribution in [0, 0.1) is 0 Å². The molecule has 1 amide bonds. The zero-order valence-corrected chi connectivity index (χ0v) is 21.3. The van der Waals surface area contributed by atoms with E-state index in [1.54, 1.807) is 24.3 Å². The maximum atomic E-state index is 13.6. The molecule has 1 N–H and O–H groups in total. The Morgan fingerprint density at radius 2 is 1.74 bits per heavy atom. The number of amides is 1. The van der Waals surface area contributed by atoms with Gasteiger partial charge in [0.1, 0.15) is 11.1 Å². The molecule has 1 aliphatic rings. The number of ether oxygens (including phenoxy) is 1. The van der Waals surface area contributed by atoms with Gasteiger partial charge in [-0.2, -0.15) is 18.3 Å². The quantitative estimate of drug-likeness (QED) is 0.445. The highest BCUT2D eigenvalue weighted by atomic mass is 35.5. The highest BCUT2D eigenvalue weighted by Crippen LogP contribution is 2.35. The minimum atomic E-state index is -4.86. The summed E-state index contributed by atoms with van der Waals surface area (Å²) in [7, 11) is 1.16. The van der Waals surface area contributed by atoms with Gasteiger partial charge in [-0.05, 0) is 37.1 Å². The number of hydrogen-bond acceptors (Lipinski definition) is 7. The number of methoxy groups -OCH3 is 1. The number of carbonyl (C=O) groups is 2. The summed E-state index contributed by atoms with van der Waals surface area (Å²) in [4.78, 5) is 32.3. The smallest absolute Gasteiger partial charge is 0.451 e. The first kappa shape index (κ1) is 27.1. The van der Waals surface area contributed by atoms with Crippen molar-refractivity contribution in [1.29, 1.82) is 0 Å². The Labute approximate surface area is 221 Å². The molecule has 1 atom stereocenters. The molecule has 198 valence electrons. The molecule has 0 fully saturated rings. The molecule has 12 heteroatoms. The predicted molar refractivity (Wildman–Crippen MR) is 135 cm³/mol. The lowest BCUT2D eigenvalue weighted by Crippen LogP contribution is -2.50. The van der Waals surface area contributed by atoms with Crippen LogP contribution in [0.15, 0.2) is 65.9 Å². The first-order valence-corrected chi connectivity index (χ1v) is 11.8. The molecule has 0 saturated carbocycles. The maximum absolute atomic E-state index is 13.6. The van der Waals surface area contributed by atoms with Gasteiger partial charge in [0.25, 0.3) is 5.91 Å². The van der Waals surface area contributed by atoms with Crippen molar-refractivity contribution >= 4 is 35.0 Å². The second kappa shape index (κ2) is 10.4. The molecule has 0 radical (unpaired) electrons. The Hall–Kier alpha value is -3.99. The van der Waals surface area contributed by atoms with Gasteiger partial charge in [0.05, 0.1) is 19.4 Å². The van der Waals surface area contributed by atoms with E-state index >= 15 is 0 Å². The zero-order valence-electron chi connectivity index (χ0n) is 20.6. The summed E-state index contributed by atoms with van der Waals surface area (Å²) in [5, 5.41) is 8.84. The van der Waals surface area contributed by atoms with Crippen LogP contribution < -0.4 is 10.3 Å². The van der Waals surface area contributed by atoms with E-state index in [0.717, 1.165) is 18.9 Å². The van der Waals surface area contributed by atoms with Crippen LogP contribution in [-0.4, -0.2) is 46.7 Å². The third-order valence-corrected chi connectivity index (χ3v) is 6.14. The monoisotopic (exact) mass is 545 g/mol. The maximum Gasteiger partial charge on any atom is 0.451 e. The number of alkyl halides is 3. The SMILES string of the molecule is COC(=O)C(C)(C)NC(=O)c1cnc(C(F)(F)F)nc1N1CC(c2ccccc2)C(c2ccc(Cl)cc2)=N1. The molecule has 1 aliphatic heterocycles. The van der Waals surface area contributed by atoms with Crippen molar-refractivity contribution < 1.29 is 27.5 Å². The number of nitrogens with zero attached hydrogens (tertiary/aromatic N) is 4. The standard InChI is InChI=1S/C26H23ClF3N5O3/c1-25(2,24(37)38-3)33-22(36)18-13-31-23(26(28,29)30)32-21(18)35-14-19(15-7-5-4-6-8-15)20(34-35)16-9-11-17(27)12-10-16/h4-13,19H,14H2,1-3H3,(H,33,36). The number of halogens is 4. The van der Waals surface area contributed by atoms with Crippen LogP contribution in [0.1, 0.15) is 47.1 Å². The summed E-state index contributed by atoms with van der Waals surface area (Å²) in [6.45, 7) is 2.90. The molecular formula is C26H23ClF3N5O3. The molecule has 0 spiro atoms. The van der Waals surface area contributed by atoms with Crippen molar-refractivity contribution in [3.8, 4) is 0 Å². The highest BCUT2D eigenvalue weighted by Gasteiger charge is 2.39. The number of anilines is 1. The van der Waals surface area contributed by atoms with Crippen LogP contribution in [0.2, 0.25) is 5.02 Å². The first-order chi connectivity index (χ1) is 17.9. The summed E-state index contributed by atoms with van der Waals surface area (Å²) in [6, 6.07) is 16.2. The molecule has 0 saturated heterocycles. The number of hydrazone groups is 1. The van der Waals surface area contributed by atoms with E-state index in [4.69, 9.17) is 16.3 Å². The van der Waals surface area contributed by atoms with Gasteiger partial charge < -0.3 is 10.1 Å². The number of esters is 1. The summed E-state index contributed by atoms with van der Waals surface area (Å²) in [6.07, 6.45) is -4.09. The Morgan fingerprint density at radius 1 is 1.08 bits per heavy atom. The molecule has 3 aromatic rings. The fraction of sp³-hybridized carbons (Fsp3) is 0.269. The lowest BCUT2D eigenvalue weighted by molar-refractivity contribution is -0.146. The second-order valence-electron chi connectivity index (χ2n) is 9.04. The molecule has 8 nitrogen and oxygen atoms in total. The van der Waals surface area contributed by atoms with Crippen molar-refractivity contribution in [2.45, 2.75) is 31.5 Å². The van der Waals surface area contributed by atoms with E-state index in [9.17, 15) is 22.8 Å². The van der Waals surface area contributed by atoms with E-state index in [-0.39, 0.29) is 23.8 Å². The minimum Gasteiger partial charge on any atom is -0.467 e. The Kier molecular flexibility index (Phi) is 7.41. The van der Waals surface area contributed by atoms with Crippen LogP contribution in [0.5, 0.6) is 0 Å². The van der Waals surface area contributed by atoms with Crippen LogP contribution in [0.3, 0.4) is 0 Å². The number of rotatable bonds is 6. The van der Waals surface area contributed by atoms with Gasteiger partial charge in [0.2, 0.25) is 5.82 Å². The molecule has 1 unspecified atom stereocenters. The van der Waals surface area contributed by atoms with Crippen molar-refractivity contribution in [3.63, 3.8) is 0 Å². The lowest BCUT2D eigenvalue weighted by Gasteiger charge is -2.24. The first-order valence-electron chi connectivity index (χ1n) is 11.4. The number of nitrogens with one attached hydrogen (secondary N) is 1. The van der Waals surface area contributed by atoms with Crippen molar-refractivity contribution in [2.75, 3.05) is 18.7 Å². The van der Waals surface area contributed by atoms with E-state index in [1.165, 1.54) is 18.9 Å². The van der Waals surface area contributed by atoms with E-state index in [0.29, 0.717) is 16.3 Å². The summed E-state index contributed by atoms with van der Waals surface area (Å²) in [5.74, 6) is -3.74. The number of carbonyl (C=O) groups excluding carboxylic acids is 2. The third-order valence-electron chi connectivity index (χ3n) is 5.89. The molecule has 1 aromatic heterocycles. The van der Waals surface area contributed by atoms with Gasteiger partial charge >= 0.3 is 12.1 Å². The molecule has 38 heavy (non-hydrogen) atoms. The molecule has 2 heterocycles. The van der Waals surface area contributed by atoms with Crippen molar-refractivity contribution in [3.05, 3.63) is 88.3 Å². The van der Waals surface area contributed by atoms with Gasteiger partial charge in [-0.3, -0.25) is 4.79 Å². The molecule has 4 rings (SSSR count). The van der Waals surface area contributed by atoms with Gasteiger partial charge in [0.15, 0.2) is 5.82 Å². The predicted octanol–water partition coefficient (Wildman–Crippen LogP) is 4.84. The minimum absolute atomic E-state index is 0.0942. The van der Waals surface area contributed by atoms with E-state index < -0.39 is 29.4 Å². The van der Waals surface area contributed by atoms with E-state index in [1.807, 2.05) is 30.3 Å². The average Bonchev–Trinajstić information content (AvgIpc) is 3.33. The number of benzene rings is 2. The Balaban J connectivity index is 1.82. The Bertz CT molecular complexity index is 1380. The molecule has 0 bridgehead atoms. The van der Waals surface area contributed by atoms with Crippen molar-refractivity contribution in [1.82, 2.24) is 15.3 Å². The third kappa shape index (κ3) is 5.62. The summed E-state index contributed by atoms with van der Waals surface area (Å²) in [5.41, 5.74) is 0.366. The van der Waals surface area contributed by atoms with Crippen LogP contribution in [-0.2, 0) is 15.7 Å². The Morgan fingerprint density at radius 3 is 2.34 bits per heavy atom. The largest absolute Gasteiger partial charge is 0.467 e. The van der Waals surface area contributed by atoms with Crippen molar-refractivity contribution in [2.24, 2.45) is 5.10 Å². The summed E-state index contributed by atoms with van der Waals surface area (Å²) < 4.78 is 45.4. The van der Waals surface area contributed by atoms with Crippen LogP contribution in [0.4, 0.5) is 19.0 Å². The van der Waals surface area contributed by atoms with Crippen LogP contribution >= 0.6 is 11.6 Å². The second-order valence-corrected chi connectivity index (χ2v) is 9.47. The number of aromatic nitrogens is 2. The fourth-order valence-corrected chi connectivity index (χ4v) is 4.11. The van der Waals surface area contributed by atoms with Gasteiger partial charge in [-0.15, -0.1) is 0 Å². The van der Waals surface area contributed by atoms with Gasteiger partial charge in [-0.1, -0.05) is 54.1 Å². The van der Waals surface area contributed by atoms with E-state index in [2.05, 4.69) is 20.4 Å².